The normalized spacial score (nSPS) is 10.2. The van der Waals surface area contributed by atoms with E-state index in [4.69, 9.17) is 5.11 Å². The van der Waals surface area contributed by atoms with E-state index in [1.807, 2.05) is 36.5 Å². The highest BCUT2D eigenvalue weighted by Crippen LogP contribution is 2.15. The van der Waals surface area contributed by atoms with E-state index in [9.17, 15) is 0 Å². The molecule has 0 atom stereocenters. The maximum atomic E-state index is 8.82. The minimum Gasteiger partial charge on any atom is -0.376 e. The van der Waals surface area contributed by atoms with Crippen molar-refractivity contribution in [2.45, 2.75) is 6.73 Å². The molecule has 0 spiro atoms. The fourth-order valence-corrected chi connectivity index (χ4v) is 1.20. The van der Waals surface area contributed by atoms with Crippen molar-refractivity contribution in [3.63, 3.8) is 0 Å². The first-order valence-corrected chi connectivity index (χ1v) is 4.08. The number of nitrogens with zero attached hydrogens (tertiary/aromatic N) is 2. The molecule has 0 bridgehead atoms. The predicted octanol–water partition coefficient (Wildman–Crippen LogP) is 1.50. The topological polar surface area (TPSA) is 38.0 Å². The van der Waals surface area contributed by atoms with Gasteiger partial charge in [0.05, 0.1) is 12.0 Å². The number of aromatic nitrogens is 2. The number of rotatable bonds is 2. The molecule has 0 aliphatic heterocycles. The Hall–Kier alpha value is -1.61. The van der Waals surface area contributed by atoms with Gasteiger partial charge in [-0.25, -0.2) is 4.98 Å². The van der Waals surface area contributed by atoms with Gasteiger partial charge in [-0.3, -0.25) is 0 Å². The van der Waals surface area contributed by atoms with Crippen LogP contribution in [0.15, 0.2) is 42.9 Å². The smallest absolute Gasteiger partial charge is 0.120 e. The maximum Gasteiger partial charge on any atom is 0.120 e. The number of hydrogen-bond acceptors (Lipinski definition) is 2. The first-order chi connectivity index (χ1) is 6.40. The first kappa shape index (κ1) is 8.01. The highest BCUT2D eigenvalue weighted by atomic mass is 16.3. The fraction of sp³-hybridized carbons (Fsp3) is 0.100. The molecule has 2 aromatic rings. The molecule has 13 heavy (non-hydrogen) atoms. The molecule has 0 aliphatic carbocycles. The van der Waals surface area contributed by atoms with E-state index in [2.05, 4.69) is 4.98 Å². The van der Waals surface area contributed by atoms with Gasteiger partial charge in [-0.05, 0) is 0 Å². The van der Waals surface area contributed by atoms with E-state index in [0.717, 1.165) is 11.3 Å². The summed E-state index contributed by atoms with van der Waals surface area (Å²) in [5, 5.41) is 8.82. The third-order valence-electron chi connectivity index (χ3n) is 1.87. The van der Waals surface area contributed by atoms with Crippen molar-refractivity contribution >= 4 is 0 Å². The van der Waals surface area contributed by atoms with Crippen LogP contribution in [-0.2, 0) is 6.73 Å². The van der Waals surface area contributed by atoms with Crippen LogP contribution in [0.25, 0.3) is 11.3 Å². The highest BCUT2D eigenvalue weighted by Gasteiger charge is 1.99. The monoisotopic (exact) mass is 174 g/mol. The molecular weight excluding hydrogens is 164 g/mol. The van der Waals surface area contributed by atoms with E-state index in [1.165, 1.54) is 0 Å². The van der Waals surface area contributed by atoms with Crippen LogP contribution < -0.4 is 0 Å². The van der Waals surface area contributed by atoms with Gasteiger partial charge in [-0.15, -0.1) is 0 Å². The summed E-state index contributed by atoms with van der Waals surface area (Å²) in [6, 6.07) is 9.88. The molecule has 0 aliphatic rings. The second kappa shape index (κ2) is 3.41. The zero-order chi connectivity index (χ0) is 9.10. The maximum absolute atomic E-state index is 8.82. The molecule has 0 unspecified atom stereocenters. The quantitative estimate of drug-likeness (QED) is 0.749. The molecule has 0 saturated heterocycles. The van der Waals surface area contributed by atoms with Gasteiger partial charge in [-0.2, -0.15) is 0 Å². The van der Waals surface area contributed by atoms with Crippen molar-refractivity contribution < 1.29 is 5.11 Å². The molecule has 0 fully saturated rings. The molecule has 1 aromatic carbocycles. The van der Waals surface area contributed by atoms with Crippen LogP contribution in [-0.4, -0.2) is 14.7 Å². The lowest BCUT2D eigenvalue weighted by Crippen LogP contribution is -1.90. The molecule has 0 saturated carbocycles. The van der Waals surface area contributed by atoms with Crippen LogP contribution in [0.1, 0.15) is 0 Å². The number of aliphatic hydroxyl groups is 1. The van der Waals surface area contributed by atoms with Gasteiger partial charge in [0.25, 0.3) is 0 Å². The Balaban J connectivity index is 2.36. The Bertz CT molecular complexity index is 381. The van der Waals surface area contributed by atoms with E-state index < -0.39 is 0 Å². The molecule has 1 heterocycles. The fourth-order valence-electron chi connectivity index (χ4n) is 1.20. The van der Waals surface area contributed by atoms with Crippen molar-refractivity contribution in [2.75, 3.05) is 0 Å². The second-order valence-corrected chi connectivity index (χ2v) is 2.78. The predicted molar refractivity (Wildman–Crippen MR) is 49.9 cm³/mol. The average molecular weight is 174 g/mol. The second-order valence-electron chi connectivity index (χ2n) is 2.78. The Morgan fingerprint density at radius 2 is 2.00 bits per heavy atom. The summed E-state index contributed by atoms with van der Waals surface area (Å²) in [5.74, 6) is 0. The van der Waals surface area contributed by atoms with Gasteiger partial charge in [-0.1, -0.05) is 30.3 Å². The van der Waals surface area contributed by atoms with E-state index in [-0.39, 0.29) is 6.73 Å². The third-order valence-corrected chi connectivity index (χ3v) is 1.87. The number of benzene rings is 1. The molecule has 0 radical (unpaired) electrons. The van der Waals surface area contributed by atoms with Gasteiger partial charge in [0.2, 0.25) is 0 Å². The van der Waals surface area contributed by atoms with Crippen LogP contribution in [0, 0.1) is 0 Å². The Kier molecular flexibility index (Phi) is 2.10. The SMILES string of the molecule is OCn1cnc(-c2ccccc2)c1. The van der Waals surface area contributed by atoms with Crippen LogP contribution in [0.3, 0.4) is 0 Å². The van der Waals surface area contributed by atoms with Gasteiger partial charge < -0.3 is 9.67 Å². The lowest BCUT2D eigenvalue weighted by Gasteiger charge is -1.94. The van der Waals surface area contributed by atoms with Crippen LogP contribution in [0.5, 0.6) is 0 Å². The number of hydrogen-bond donors (Lipinski definition) is 1. The third kappa shape index (κ3) is 1.60. The summed E-state index contributed by atoms with van der Waals surface area (Å²) >= 11 is 0. The Morgan fingerprint density at radius 3 is 2.62 bits per heavy atom. The van der Waals surface area contributed by atoms with Crippen LogP contribution in [0.4, 0.5) is 0 Å². The minimum atomic E-state index is -0.0279. The Labute approximate surface area is 76.3 Å². The summed E-state index contributed by atoms with van der Waals surface area (Å²) in [4.78, 5) is 4.16. The summed E-state index contributed by atoms with van der Waals surface area (Å²) < 4.78 is 1.63. The Morgan fingerprint density at radius 1 is 1.23 bits per heavy atom. The van der Waals surface area contributed by atoms with Crippen LogP contribution >= 0.6 is 0 Å². The molecule has 3 nitrogen and oxygen atoms in total. The van der Waals surface area contributed by atoms with Gasteiger partial charge in [0.15, 0.2) is 0 Å². The van der Waals surface area contributed by atoms with Crippen LogP contribution in [0.2, 0.25) is 0 Å². The molecule has 66 valence electrons. The van der Waals surface area contributed by atoms with Gasteiger partial charge in [0.1, 0.15) is 6.73 Å². The molecule has 2 rings (SSSR count). The van der Waals surface area contributed by atoms with Crippen molar-refractivity contribution in [1.82, 2.24) is 9.55 Å². The summed E-state index contributed by atoms with van der Waals surface area (Å²) in [6.07, 6.45) is 3.43. The summed E-state index contributed by atoms with van der Waals surface area (Å²) in [5.41, 5.74) is 1.95. The lowest BCUT2D eigenvalue weighted by molar-refractivity contribution is 0.210. The van der Waals surface area contributed by atoms with E-state index in [1.54, 1.807) is 10.9 Å². The summed E-state index contributed by atoms with van der Waals surface area (Å²) in [7, 11) is 0. The zero-order valence-electron chi connectivity index (χ0n) is 7.09. The highest BCUT2D eigenvalue weighted by molar-refractivity contribution is 5.57. The van der Waals surface area contributed by atoms with Crippen molar-refractivity contribution in [3.8, 4) is 11.3 Å². The average Bonchev–Trinajstić information content (AvgIpc) is 2.67. The molecular formula is C10H10N2O. The molecule has 3 heteroatoms. The number of imidazole rings is 1. The molecule has 1 aromatic heterocycles. The molecule has 1 N–H and O–H groups in total. The van der Waals surface area contributed by atoms with Gasteiger partial charge >= 0.3 is 0 Å². The van der Waals surface area contributed by atoms with Crippen molar-refractivity contribution in [1.29, 1.82) is 0 Å². The lowest BCUT2D eigenvalue weighted by atomic mass is 10.2. The van der Waals surface area contributed by atoms with E-state index in [0.29, 0.717) is 0 Å². The zero-order valence-corrected chi connectivity index (χ0v) is 7.09. The largest absolute Gasteiger partial charge is 0.376 e. The first-order valence-electron chi connectivity index (χ1n) is 4.08. The van der Waals surface area contributed by atoms with Crippen molar-refractivity contribution in [3.05, 3.63) is 42.9 Å². The van der Waals surface area contributed by atoms with Gasteiger partial charge in [0, 0.05) is 11.8 Å². The minimum absolute atomic E-state index is 0.0279. The number of aliphatic hydroxyl groups excluding tert-OH is 1. The van der Waals surface area contributed by atoms with E-state index >= 15 is 0 Å². The summed E-state index contributed by atoms with van der Waals surface area (Å²) in [6.45, 7) is -0.0279. The van der Waals surface area contributed by atoms with Crippen molar-refractivity contribution in [2.24, 2.45) is 0 Å². The standard InChI is InChI=1S/C10H10N2O/c13-8-12-6-10(11-7-12)9-4-2-1-3-5-9/h1-7,13H,8H2. The molecule has 0 amide bonds.